The number of hydrogen-bond acceptors (Lipinski definition) is 6. The first-order valence-electron chi connectivity index (χ1n) is 12.5. The lowest BCUT2D eigenvalue weighted by atomic mass is 9.83. The Labute approximate surface area is 220 Å². The molecule has 0 bridgehead atoms. The van der Waals surface area contributed by atoms with Crippen LogP contribution in [0.5, 0.6) is 0 Å². The van der Waals surface area contributed by atoms with Gasteiger partial charge in [0.15, 0.2) is 0 Å². The predicted octanol–water partition coefficient (Wildman–Crippen LogP) is 5.89. The van der Waals surface area contributed by atoms with Crippen LogP contribution in [0.4, 0.5) is 18.0 Å². The van der Waals surface area contributed by atoms with E-state index in [0.717, 1.165) is 31.2 Å². The molecule has 1 saturated carbocycles. The molecular formula is C27H30F3NO6S. The molecular weight excluding hydrogens is 523 g/mol. The van der Waals surface area contributed by atoms with E-state index in [0.29, 0.717) is 5.92 Å². The quantitative estimate of drug-likeness (QED) is 0.300. The molecule has 7 nitrogen and oxygen atoms in total. The topological polar surface area (TPSA) is 82.1 Å². The number of hydrogen-bond donors (Lipinski definition) is 0. The first-order chi connectivity index (χ1) is 18.1. The number of benzene rings is 2. The van der Waals surface area contributed by atoms with Crippen LogP contribution in [-0.2, 0) is 30.4 Å². The highest BCUT2D eigenvalue weighted by molar-refractivity contribution is 7.87. The molecule has 1 aliphatic heterocycles. The fourth-order valence-electron chi connectivity index (χ4n) is 4.76. The van der Waals surface area contributed by atoms with Gasteiger partial charge in [0.2, 0.25) is 0 Å². The second-order valence-electron chi connectivity index (χ2n) is 9.35. The van der Waals surface area contributed by atoms with Crippen molar-refractivity contribution in [3.63, 3.8) is 0 Å². The van der Waals surface area contributed by atoms with Gasteiger partial charge in [-0.2, -0.15) is 21.6 Å². The zero-order valence-corrected chi connectivity index (χ0v) is 21.5. The SMILES string of the molecule is O=C(OCc1ccccc1)N1CCC=C(OS(=O)(=O)C(F)(F)F)C1COC1CCC(c2ccccc2)CC1. The third-order valence-electron chi connectivity index (χ3n) is 6.78. The normalized spacial score (nSPS) is 22.4. The summed E-state index contributed by atoms with van der Waals surface area (Å²) in [7, 11) is -5.92. The molecule has 1 atom stereocenters. The lowest BCUT2D eigenvalue weighted by Gasteiger charge is -2.36. The molecule has 0 N–H and O–H groups in total. The molecule has 0 saturated heterocycles. The van der Waals surface area contributed by atoms with Gasteiger partial charge in [-0.3, -0.25) is 4.90 Å². The van der Waals surface area contributed by atoms with Crippen molar-refractivity contribution in [1.82, 2.24) is 4.90 Å². The van der Waals surface area contributed by atoms with E-state index in [9.17, 15) is 26.4 Å². The van der Waals surface area contributed by atoms with Crippen molar-refractivity contribution in [2.24, 2.45) is 0 Å². The highest BCUT2D eigenvalue weighted by Crippen LogP contribution is 2.35. The minimum atomic E-state index is -5.92. The zero-order chi connectivity index (χ0) is 27.2. The van der Waals surface area contributed by atoms with Gasteiger partial charge in [0.25, 0.3) is 0 Å². The van der Waals surface area contributed by atoms with E-state index in [1.54, 1.807) is 24.3 Å². The Morgan fingerprint density at radius 2 is 1.58 bits per heavy atom. The smallest absolute Gasteiger partial charge is 0.445 e. The molecule has 4 rings (SSSR count). The average molecular weight is 554 g/mol. The van der Waals surface area contributed by atoms with E-state index in [1.165, 1.54) is 16.5 Å². The van der Waals surface area contributed by atoms with E-state index >= 15 is 0 Å². The molecule has 0 radical (unpaired) electrons. The summed E-state index contributed by atoms with van der Waals surface area (Å²) < 4.78 is 78.6. The van der Waals surface area contributed by atoms with Crippen molar-refractivity contribution in [3.8, 4) is 0 Å². The van der Waals surface area contributed by atoms with Crippen molar-refractivity contribution in [2.75, 3.05) is 13.2 Å². The summed E-state index contributed by atoms with van der Waals surface area (Å²) in [5.74, 6) is -0.103. The molecule has 1 aliphatic carbocycles. The molecule has 1 unspecified atom stereocenters. The number of carbonyl (C=O) groups is 1. The Morgan fingerprint density at radius 1 is 0.947 bits per heavy atom. The van der Waals surface area contributed by atoms with Gasteiger partial charge in [-0.05, 0) is 55.2 Å². The molecule has 206 valence electrons. The van der Waals surface area contributed by atoms with Crippen LogP contribution >= 0.6 is 0 Å². The number of amides is 1. The number of alkyl halides is 3. The van der Waals surface area contributed by atoms with Crippen molar-refractivity contribution in [3.05, 3.63) is 83.6 Å². The summed E-state index contributed by atoms with van der Waals surface area (Å²) in [6.45, 7) is -0.157. The highest BCUT2D eigenvalue weighted by atomic mass is 32.2. The number of carbonyl (C=O) groups excluding carboxylic acids is 1. The maximum atomic E-state index is 13.1. The third kappa shape index (κ3) is 7.08. The van der Waals surface area contributed by atoms with Crippen molar-refractivity contribution in [1.29, 1.82) is 0 Å². The predicted molar refractivity (Wildman–Crippen MR) is 133 cm³/mol. The fourth-order valence-corrected chi connectivity index (χ4v) is 5.29. The van der Waals surface area contributed by atoms with Gasteiger partial charge in [0, 0.05) is 6.54 Å². The van der Waals surface area contributed by atoms with Crippen LogP contribution in [0.25, 0.3) is 0 Å². The minimum Gasteiger partial charge on any atom is -0.445 e. The van der Waals surface area contributed by atoms with Gasteiger partial charge in [-0.1, -0.05) is 60.7 Å². The highest BCUT2D eigenvalue weighted by Gasteiger charge is 2.50. The summed E-state index contributed by atoms with van der Waals surface area (Å²) in [6, 6.07) is 17.8. The maximum Gasteiger partial charge on any atom is 0.534 e. The van der Waals surface area contributed by atoms with Crippen LogP contribution in [0.1, 0.15) is 49.1 Å². The maximum absolute atomic E-state index is 13.1. The molecule has 38 heavy (non-hydrogen) atoms. The van der Waals surface area contributed by atoms with Crippen LogP contribution in [0.3, 0.4) is 0 Å². The van der Waals surface area contributed by atoms with Gasteiger partial charge >= 0.3 is 21.7 Å². The van der Waals surface area contributed by atoms with Crippen LogP contribution in [0, 0.1) is 0 Å². The van der Waals surface area contributed by atoms with Gasteiger partial charge in [0.1, 0.15) is 18.4 Å². The Balaban J connectivity index is 1.43. The van der Waals surface area contributed by atoms with E-state index < -0.39 is 33.5 Å². The lowest BCUT2D eigenvalue weighted by Crippen LogP contribution is -2.48. The Morgan fingerprint density at radius 3 is 2.21 bits per heavy atom. The molecule has 11 heteroatoms. The first-order valence-corrected chi connectivity index (χ1v) is 13.9. The second-order valence-corrected chi connectivity index (χ2v) is 10.9. The van der Waals surface area contributed by atoms with E-state index in [1.807, 2.05) is 24.3 Å². The number of halogens is 3. The van der Waals surface area contributed by atoms with Gasteiger partial charge in [-0.25, -0.2) is 4.79 Å². The third-order valence-corrected chi connectivity index (χ3v) is 7.76. The number of ether oxygens (including phenoxy) is 2. The fraction of sp³-hybridized carbons (Fsp3) is 0.444. The van der Waals surface area contributed by atoms with Crippen molar-refractivity contribution >= 4 is 16.2 Å². The first kappa shape index (κ1) is 28.0. The molecule has 2 aromatic rings. The zero-order valence-electron chi connectivity index (χ0n) is 20.7. The van der Waals surface area contributed by atoms with Gasteiger partial charge in [-0.15, -0.1) is 0 Å². The molecule has 0 spiro atoms. The van der Waals surface area contributed by atoms with Gasteiger partial charge in [0.05, 0.1) is 12.7 Å². The molecule has 0 aromatic heterocycles. The van der Waals surface area contributed by atoms with Crippen LogP contribution < -0.4 is 0 Å². The summed E-state index contributed by atoms with van der Waals surface area (Å²) in [5, 5.41) is 0. The van der Waals surface area contributed by atoms with Crippen LogP contribution in [0.2, 0.25) is 0 Å². The van der Waals surface area contributed by atoms with Crippen LogP contribution in [-0.4, -0.2) is 50.2 Å². The summed E-state index contributed by atoms with van der Waals surface area (Å²) in [6.07, 6.45) is 3.59. The monoisotopic (exact) mass is 553 g/mol. The second kappa shape index (κ2) is 12.2. The Kier molecular flexibility index (Phi) is 8.99. The molecule has 1 heterocycles. The summed E-state index contributed by atoms with van der Waals surface area (Å²) >= 11 is 0. The van der Waals surface area contributed by atoms with Crippen molar-refractivity contribution < 1.29 is 40.0 Å². The van der Waals surface area contributed by atoms with E-state index in [2.05, 4.69) is 16.3 Å². The molecule has 1 fully saturated rings. The number of nitrogens with zero attached hydrogens (tertiary/aromatic N) is 1. The van der Waals surface area contributed by atoms with E-state index in [4.69, 9.17) is 9.47 Å². The summed E-state index contributed by atoms with van der Waals surface area (Å²) in [4.78, 5) is 14.1. The Hall–Kier alpha value is -3.05. The van der Waals surface area contributed by atoms with Crippen LogP contribution in [0.15, 0.2) is 72.5 Å². The molecule has 2 aromatic carbocycles. The van der Waals surface area contributed by atoms with E-state index in [-0.39, 0.29) is 32.3 Å². The van der Waals surface area contributed by atoms with Gasteiger partial charge < -0.3 is 13.7 Å². The molecule has 1 amide bonds. The van der Waals surface area contributed by atoms with Crippen molar-refractivity contribution in [2.45, 2.75) is 62.3 Å². The molecule has 2 aliphatic rings. The Bertz CT molecular complexity index is 1200. The standard InChI is InChI=1S/C27H30F3NO6S/c28-27(29,30)38(33,34)37-25-12-7-17-31(26(32)36-18-20-8-3-1-4-9-20)24(25)19-35-23-15-13-22(14-16-23)21-10-5-2-6-11-21/h1-6,8-12,22-24H,7,13-19H2. The largest absolute Gasteiger partial charge is 0.534 e. The number of rotatable bonds is 8. The lowest BCUT2D eigenvalue weighted by molar-refractivity contribution is -0.0546. The average Bonchev–Trinajstić information content (AvgIpc) is 2.91. The summed E-state index contributed by atoms with van der Waals surface area (Å²) in [5.41, 5.74) is -3.63. The minimum absolute atomic E-state index is 0.0476.